The van der Waals surface area contributed by atoms with Crippen LogP contribution in [0.4, 0.5) is 0 Å². The average molecular weight is 298 g/mol. The van der Waals surface area contributed by atoms with Gasteiger partial charge in [0.15, 0.2) is 0 Å². The molecule has 2 aliphatic heterocycles. The molecule has 0 aromatic rings. The van der Waals surface area contributed by atoms with Crippen molar-refractivity contribution in [3.05, 3.63) is 0 Å². The molecule has 21 heavy (non-hydrogen) atoms. The van der Waals surface area contributed by atoms with Gasteiger partial charge in [0.05, 0.1) is 37.3 Å². The number of fused-ring (bicyclic) bond motifs is 2. The quantitative estimate of drug-likeness (QED) is 0.509. The number of ether oxygens (including phenoxy) is 3. The second-order valence-electron chi connectivity index (χ2n) is 5.88. The third kappa shape index (κ3) is 3.76. The highest BCUT2D eigenvalue weighted by Crippen LogP contribution is 2.44. The van der Waals surface area contributed by atoms with Gasteiger partial charge in [0.1, 0.15) is 0 Å². The maximum Gasteiger partial charge on any atom is 0.312 e. The first kappa shape index (κ1) is 16.3. The van der Waals surface area contributed by atoms with E-state index in [0.717, 1.165) is 38.5 Å². The highest BCUT2D eigenvalue weighted by molar-refractivity contribution is 5.84. The Morgan fingerprint density at radius 1 is 0.905 bits per heavy atom. The standard InChI is InChI=1S/C16H26O5/c1-3-5-9-19-15(17)13-11-7-8-12(21-11)14(13)16(18)20-10-6-4-2/h11-14H,3-10H2,1-2H3. The molecular formula is C16H26O5. The van der Waals surface area contributed by atoms with Gasteiger partial charge >= 0.3 is 11.9 Å². The van der Waals surface area contributed by atoms with E-state index in [2.05, 4.69) is 0 Å². The van der Waals surface area contributed by atoms with E-state index >= 15 is 0 Å². The van der Waals surface area contributed by atoms with E-state index in [0.29, 0.717) is 13.2 Å². The summed E-state index contributed by atoms with van der Waals surface area (Å²) in [5.74, 6) is -1.55. The van der Waals surface area contributed by atoms with Gasteiger partial charge in [-0.05, 0) is 25.7 Å². The summed E-state index contributed by atoms with van der Waals surface area (Å²) in [6.07, 6.45) is 4.96. The molecule has 2 heterocycles. The zero-order chi connectivity index (χ0) is 15.2. The molecular weight excluding hydrogens is 272 g/mol. The summed E-state index contributed by atoms with van der Waals surface area (Å²) in [5, 5.41) is 0. The van der Waals surface area contributed by atoms with Crippen LogP contribution in [0.5, 0.6) is 0 Å². The third-order valence-electron chi connectivity index (χ3n) is 4.30. The van der Waals surface area contributed by atoms with Gasteiger partial charge in [-0.15, -0.1) is 0 Å². The summed E-state index contributed by atoms with van der Waals surface area (Å²) in [6, 6.07) is 0. The highest BCUT2D eigenvalue weighted by atomic mass is 16.6. The third-order valence-corrected chi connectivity index (χ3v) is 4.30. The van der Waals surface area contributed by atoms with Gasteiger partial charge in [0.2, 0.25) is 0 Å². The molecule has 2 rings (SSSR count). The molecule has 0 aromatic carbocycles. The molecule has 0 spiro atoms. The van der Waals surface area contributed by atoms with E-state index in [1.54, 1.807) is 0 Å². The predicted octanol–water partition coefficient (Wildman–Crippen LogP) is 2.47. The van der Waals surface area contributed by atoms with E-state index in [9.17, 15) is 9.59 Å². The lowest BCUT2D eigenvalue weighted by molar-refractivity contribution is -0.161. The number of carbonyl (C=O) groups excluding carboxylic acids is 2. The van der Waals surface area contributed by atoms with Crippen molar-refractivity contribution in [3.8, 4) is 0 Å². The van der Waals surface area contributed by atoms with Crippen LogP contribution in [0.25, 0.3) is 0 Å². The Morgan fingerprint density at radius 2 is 1.33 bits per heavy atom. The zero-order valence-electron chi connectivity index (χ0n) is 13.0. The van der Waals surface area contributed by atoms with Crippen LogP contribution in [0.2, 0.25) is 0 Å². The second-order valence-corrected chi connectivity index (χ2v) is 5.88. The van der Waals surface area contributed by atoms with Crippen LogP contribution in [-0.2, 0) is 23.8 Å². The minimum atomic E-state index is -0.477. The minimum absolute atomic E-state index is 0.173. The molecule has 0 amide bonds. The van der Waals surface area contributed by atoms with Crippen LogP contribution >= 0.6 is 0 Å². The first-order chi connectivity index (χ1) is 10.2. The Hall–Kier alpha value is -1.10. The number of esters is 2. The van der Waals surface area contributed by atoms with E-state index in [1.807, 2.05) is 13.8 Å². The molecule has 5 nitrogen and oxygen atoms in total. The molecule has 0 aromatic heterocycles. The Labute approximate surface area is 126 Å². The molecule has 4 unspecified atom stereocenters. The van der Waals surface area contributed by atoms with Crippen molar-refractivity contribution in [1.82, 2.24) is 0 Å². The molecule has 120 valence electrons. The van der Waals surface area contributed by atoms with Crippen molar-refractivity contribution in [1.29, 1.82) is 0 Å². The van der Waals surface area contributed by atoms with Crippen molar-refractivity contribution < 1.29 is 23.8 Å². The van der Waals surface area contributed by atoms with Gasteiger partial charge in [-0.1, -0.05) is 26.7 Å². The first-order valence-electron chi connectivity index (χ1n) is 8.17. The summed E-state index contributed by atoms with van der Waals surface area (Å²) in [7, 11) is 0. The van der Waals surface area contributed by atoms with Crippen molar-refractivity contribution in [2.75, 3.05) is 13.2 Å². The largest absolute Gasteiger partial charge is 0.465 e. The summed E-state index contributed by atoms with van der Waals surface area (Å²) in [5.41, 5.74) is 0. The molecule has 0 N–H and O–H groups in total. The van der Waals surface area contributed by atoms with Crippen LogP contribution in [0.1, 0.15) is 52.4 Å². The van der Waals surface area contributed by atoms with Gasteiger partial charge in [-0.25, -0.2) is 0 Å². The number of hydrogen-bond acceptors (Lipinski definition) is 5. The summed E-state index contributed by atoms with van der Waals surface area (Å²) < 4.78 is 16.3. The molecule has 4 atom stereocenters. The number of unbranched alkanes of at least 4 members (excludes halogenated alkanes) is 2. The van der Waals surface area contributed by atoms with Crippen LogP contribution in [-0.4, -0.2) is 37.4 Å². The fourth-order valence-corrected chi connectivity index (χ4v) is 3.10. The summed E-state index contributed by atoms with van der Waals surface area (Å²) in [4.78, 5) is 24.5. The van der Waals surface area contributed by atoms with E-state index in [1.165, 1.54) is 0 Å². The van der Waals surface area contributed by atoms with Gasteiger partial charge in [-0.3, -0.25) is 9.59 Å². The molecule has 0 radical (unpaired) electrons. The Bertz CT molecular complexity index is 334. The topological polar surface area (TPSA) is 61.8 Å². The lowest BCUT2D eigenvalue weighted by Gasteiger charge is -2.24. The van der Waals surface area contributed by atoms with Crippen LogP contribution in [0.3, 0.4) is 0 Å². The van der Waals surface area contributed by atoms with E-state index in [-0.39, 0.29) is 24.1 Å². The fourth-order valence-electron chi connectivity index (χ4n) is 3.10. The maximum absolute atomic E-state index is 12.2. The van der Waals surface area contributed by atoms with Gasteiger partial charge < -0.3 is 14.2 Å². The molecule has 2 bridgehead atoms. The SMILES string of the molecule is CCCCOC(=O)C1C2CCC(O2)C1C(=O)OCCCC. The van der Waals surface area contributed by atoms with E-state index < -0.39 is 11.8 Å². The molecule has 0 saturated carbocycles. The van der Waals surface area contributed by atoms with E-state index in [4.69, 9.17) is 14.2 Å². The smallest absolute Gasteiger partial charge is 0.312 e. The monoisotopic (exact) mass is 298 g/mol. The predicted molar refractivity (Wildman–Crippen MR) is 76.6 cm³/mol. The number of hydrogen-bond donors (Lipinski definition) is 0. The van der Waals surface area contributed by atoms with Crippen molar-refractivity contribution in [2.45, 2.75) is 64.6 Å². The maximum atomic E-state index is 12.2. The lowest BCUT2D eigenvalue weighted by Crippen LogP contribution is -2.40. The van der Waals surface area contributed by atoms with Gasteiger partial charge in [0.25, 0.3) is 0 Å². The van der Waals surface area contributed by atoms with Crippen molar-refractivity contribution >= 4 is 11.9 Å². The lowest BCUT2D eigenvalue weighted by atomic mass is 9.79. The normalized spacial score (nSPS) is 30.4. The van der Waals surface area contributed by atoms with Gasteiger partial charge in [0, 0.05) is 0 Å². The summed E-state index contributed by atoms with van der Waals surface area (Å²) in [6.45, 7) is 4.92. The Kier molecular flexibility index (Phi) is 6.03. The molecule has 0 aliphatic carbocycles. The van der Waals surface area contributed by atoms with Gasteiger partial charge in [-0.2, -0.15) is 0 Å². The fraction of sp³-hybridized carbons (Fsp3) is 0.875. The van der Waals surface area contributed by atoms with Crippen LogP contribution < -0.4 is 0 Å². The molecule has 5 heteroatoms. The van der Waals surface area contributed by atoms with Crippen LogP contribution in [0.15, 0.2) is 0 Å². The van der Waals surface area contributed by atoms with Crippen molar-refractivity contribution in [3.63, 3.8) is 0 Å². The Balaban J connectivity index is 1.93. The zero-order valence-corrected chi connectivity index (χ0v) is 13.0. The van der Waals surface area contributed by atoms with Crippen LogP contribution in [0, 0.1) is 11.8 Å². The Morgan fingerprint density at radius 3 is 1.71 bits per heavy atom. The number of carbonyl (C=O) groups is 2. The first-order valence-corrected chi connectivity index (χ1v) is 8.17. The molecule has 2 aliphatic rings. The number of rotatable bonds is 8. The van der Waals surface area contributed by atoms with Crippen molar-refractivity contribution in [2.24, 2.45) is 11.8 Å². The average Bonchev–Trinajstić information content (AvgIpc) is 3.08. The minimum Gasteiger partial charge on any atom is -0.465 e. The highest BCUT2D eigenvalue weighted by Gasteiger charge is 2.56. The second kappa shape index (κ2) is 7.78. The molecule has 2 fully saturated rings. The summed E-state index contributed by atoms with van der Waals surface area (Å²) >= 11 is 0. The molecule has 2 saturated heterocycles.